The van der Waals surface area contributed by atoms with Gasteiger partial charge in [0, 0.05) is 18.1 Å². The lowest BCUT2D eigenvalue weighted by molar-refractivity contribution is 0.154. The van der Waals surface area contributed by atoms with E-state index in [9.17, 15) is 0 Å². The summed E-state index contributed by atoms with van der Waals surface area (Å²) in [5.74, 6) is 1.06. The lowest BCUT2D eigenvalue weighted by atomic mass is 10.0. The highest BCUT2D eigenvalue weighted by Gasteiger charge is 2.37. The zero-order chi connectivity index (χ0) is 10.9. The topological polar surface area (TPSA) is 28.4 Å². The molecule has 0 bridgehead atoms. The van der Waals surface area contributed by atoms with E-state index < -0.39 is 0 Å². The van der Waals surface area contributed by atoms with E-state index in [2.05, 4.69) is 24.1 Å². The van der Waals surface area contributed by atoms with E-state index in [1.54, 1.807) is 6.26 Å². The van der Waals surface area contributed by atoms with Crippen molar-refractivity contribution in [3.63, 3.8) is 0 Å². The predicted octanol–water partition coefficient (Wildman–Crippen LogP) is 1.85. The summed E-state index contributed by atoms with van der Waals surface area (Å²) in [4.78, 5) is 2.48. The molecule has 1 aliphatic heterocycles. The summed E-state index contributed by atoms with van der Waals surface area (Å²) in [6.07, 6.45) is 2.94. The molecule has 0 spiro atoms. The van der Waals surface area contributed by atoms with Crippen LogP contribution in [0.2, 0.25) is 0 Å². The largest absolute Gasteiger partial charge is 0.468 e. The van der Waals surface area contributed by atoms with Gasteiger partial charge in [0.25, 0.3) is 0 Å². The summed E-state index contributed by atoms with van der Waals surface area (Å²) in [7, 11) is 2.04. The first-order valence-corrected chi connectivity index (χ1v) is 5.56. The fourth-order valence-corrected chi connectivity index (χ4v) is 2.37. The zero-order valence-electron chi connectivity index (χ0n) is 9.79. The highest BCUT2D eigenvalue weighted by molar-refractivity contribution is 5.03. The molecule has 0 saturated carbocycles. The van der Waals surface area contributed by atoms with E-state index in [4.69, 9.17) is 4.42 Å². The van der Waals surface area contributed by atoms with Crippen LogP contribution in [0.15, 0.2) is 22.8 Å². The molecule has 15 heavy (non-hydrogen) atoms. The number of hydrogen-bond donors (Lipinski definition) is 1. The van der Waals surface area contributed by atoms with Crippen molar-refractivity contribution in [3.8, 4) is 0 Å². The minimum atomic E-state index is 0.264. The Morgan fingerprint density at radius 3 is 2.93 bits per heavy atom. The molecule has 1 unspecified atom stereocenters. The van der Waals surface area contributed by atoms with E-state index >= 15 is 0 Å². The number of hydrogen-bond acceptors (Lipinski definition) is 3. The van der Waals surface area contributed by atoms with Gasteiger partial charge >= 0.3 is 0 Å². The molecule has 0 radical (unpaired) electrons. The maximum atomic E-state index is 5.40. The van der Waals surface area contributed by atoms with Crippen LogP contribution in [0.3, 0.4) is 0 Å². The minimum Gasteiger partial charge on any atom is -0.468 e. The Morgan fingerprint density at radius 2 is 2.40 bits per heavy atom. The minimum absolute atomic E-state index is 0.264. The van der Waals surface area contributed by atoms with Crippen molar-refractivity contribution in [2.24, 2.45) is 0 Å². The molecular weight excluding hydrogens is 188 g/mol. The van der Waals surface area contributed by atoms with Crippen molar-refractivity contribution >= 4 is 0 Å². The molecule has 1 atom stereocenters. The summed E-state index contributed by atoms with van der Waals surface area (Å²) in [5, 5.41) is 3.36. The van der Waals surface area contributed by atoms with Crippen LogP contribution in [0.4, 0.5) is 0 Å². The third-order valence-corrected chi connectivity index (χ3v) is 3.38. The van der Waals surface area contributed by atoms with Crippen molar-refractivity contribution in [2.45, 2.75) is 38.4 Å². The Balaban J connectivity index is 2.03. The number of furan rings is 1. The molecular formula is C12H20N2O. The molecule has 1 aromatic rings. The lowest BCUT2D eigenvalue weighted by Gasteiger charge is -2.30. The van der Waals surface area contributed by atoms with E-state index in [1.807, 2.05) is 19.2 Å². The Morgan fingerprint density at radius 1 is 1.60 bits per heavy atom. The Labute approximate surface area is 91.4 Å². The number of likely N-dealkylation sites (tertiary alicyclic amines) is 1. The second-order valence-electron chi connectivity index (χ2n) is 4.96. The van der Waals surface area contributed by atoms with Crippen molar-refractivity contribution in [2.75, 3.05) is 13.6 Å². The molecule has 2 rings (SSSR count). The fraction of sp³-hybridized carbons (Fsp3) is 0.667. The van der Waals surface area contributed by atoms with Crippen molar-refractivity contribution in [1.29, 1.82) is 0 Å². The lowest BCUT2D eigenvalue weighted by Crippen LogP contribution is -2.37. The summed E-state index contributed by atoms with van der Waals surface area (Å²) in [5.41, 5.74) is 0.264. The highest BCUT2D eigenvalue weighted by Crippen LogP contribution is 2.29. The number of nitrogens with one attached hydrogen (secondary N) is 1. The summed E-state index contributed by atoms with van der Waals surface area (Å²) >= 11 is 0. The molecule has 1 N–H and O–H groups in total. The van der Waals surface area contributed by atoms with Gasteiger partial charge < -0.3 is 9.73 Å². The van der Waals surface area contributed by atoms with Gasteiger partial charge in [0.05, 0.1) is 12.8 Å². The second kappa shape index (κ2) is 3.99. The second-order valence-corrected chi connectivity index (χ2v) is 4.96. The Hall–Kier alpha value is -0.800. The number of likely N-dealkylation sites (N-methyl/N-ethyl adjacent to an activating group) is 1. The van der Waals surface area contributed by atoms with Crippen LogP contribution in [-0.2, 0) is 6.54 Å². The van der Waals surface area contributed by atoms with Gasteiger partial charge in [-0.3, -0.25) is 4.90 Å². The molecule has 2 heterocycles. The quantitative estimate of drug-likeness (QED) is 0.821. The first-order valence-electron chi connectivity index (χ1n) is 5.56. The van der Waals surface area contributed by atoms with Gasteiger partial charge in [-0.2, -0.15) is 0 Å². The molecule has 1 fully saturated rings. The molecule has 0 aliphatic carbocycles. The standard InChI is InChI=1S/C12H20N2O/c1-12(2)7-10(13-3)8-14(12)9-11-5-4-6-15-11/h4-6,10,13H,7-9H2,1-3H3. The molecule has 0 aromatic carbocycles. The van der Waals surface area contributed by atoms with Gasteiger partial charge in [-0.1, -0.05) is 0 Å². The predicted molar refractivity (Wildman–Crippen MR) is 60.7 cm³/mol. The van der Waals surface area contributed by atoms with E-state index in [-0.39, 0.29) is 5.54 Å². The molecule has 1 aliphatic rings. The van der Waals surface area contributed by atoms with Crippen LogP contribution < -0.4 is 5.32 Å². The van der Waals surface area contributed by atoms with Crippen molar-refractivity contribution in [1.82, 2.24) is 10.2 Å². The number of rotatable bonds is 3. The van der Waals surface area contributed by atoms with Crippen LogP contribution in [0.5, 0.6) is 0 Å². The maximum Gasteiger partial charge on any atom is 0.117 e. The summed E-state index contributed by atoms with van der Waals surface area (Å²) < 4.78 is 5.40. The first-order chi connectivity index (χ1) is 7.12. The highest BCUT2D eigenvalue weighted by atomic mass is 16.3. The third-order valence-electron chi connectivity index (χ3n) is 3.38. The number of nitrogens with zero attached hydrogens (tertiary/aromatic N) is 1. The molecule has 1 aromatic heterocycles. The average molecular weight is 208 g/mol. The Bertz CT molecular complexity index is 305. The van der Waals surface area contributed by atoms with Gasteiger partial charge in [-0.25, -0.2) is 0 Å². The third kappa shape index (κ3) is 2.24. The first kappa shape index (κ1) is 10.7. The van der Waals surface area contributed by atoms with Crippen LogP contribution in [0, 0.1) is 0 Å². The van der Waals surface area contributed by atoms with Crippen LogP contribution >= 0.6 is 0 Å². The van der Waals surface area contributed by atoms with E-state index in [1.165, 1.54) is 6.42 Å². The fourth-order valence-electron chi connectivity index (χ4n) is 2.37. The molecule has 0 amide bonds. The van der Waals surface area contributed by atoms with Crippen molar-refractivity contribution < 1.29 is 4.42 Å². The van der Waals surface area contributed by atoms with Gasteiger partial charge in [0.1, 0.15) is 5.76 Å². The normalized spacial score (nSPS) is 25.9. The smallest absolute Gasteiger partial charge is 0.117 e. The average Bonchev–Trinajstić information content (AvgIpc) is 2.76. The molecule has 3 heteroatoms. The molecule has 3 nitrogen and oxygen atoms in total. The van der Waals surface area contributed by atoms with Crippen LogP contribution in [-0.4, -0.2) is 30.1 Å². The van der Waals surface area contributed by atoms with Gasteiger partial charge in [0.2, 0.25) is 0 Å². The van der Waals surface area contributed by atoms with Gasteiger partial charge in [0.15, 0.2) is 0 Å². The Kier molecular flexibility index (Phi) is 2.85. The zero-order valence-corrected chi connectivity index (χ0v) is 9.79. The summed E-state index contributed by atoms with van der Waals surface area (Å²) in [6, 6.07) is 4.60. The summed E-state index contributed by atoms with van der Waals surface area (Å²) in [6.45, 7) is 6.61. The SMILES string of the molecule is CNC1CN(Cc2ccco2)C(C)(C)C1. The monoisotopic (exact) mass is 208 g/mol. The van der Waals surface area contributed by atoms with E-state index in [0.29, 0.717) is 6.04 Å². The molecule has 1 saturated heterocycles. The van der Waals surface area contributed by atoms with Crippen LogP contribution in [0.25, 0.3) is 0 Å². The molecule has 84 valence electrons. The van der Waals surface area contributed by atoms with E-state index in [0.717, 1.165) is 18.8 Å². The maximum absolute atomic E-state index is 5.40. The van der Waals surface area contributed by atoms with Gasteiger partial charge in [-0.05, 0) is 39.4 Å². The van der Waals surface area contributed by atoms with Crippen molar-refractivity contribution in [3.05, 3.63) is 24.2 Å². The van der Waals surface area contributed by atoms with Crippen LogP contribution in [0.1, 0.15) is 26.0 Å². The van der Waals surface area contributed by atoms with Gasteiger partial charge in [-0.15, -0.1) is 0 Å².